The van der Waals surface area contributed by atoms with Crippen LogP contribution in [0.5, 0.6) is 0 Å². The van der Waals surface area contributed by atoms with E-state index in [1.54, 1.807) is 0 Å². The molecule has 72 valence electrons. The van der Waals surface area contributed by atoms with Gasteiger partial charge in [0.15, 0.2) is 0 Å². The summed E-state index contributed by atoms with van der Waals surface area (Å²) < 4.78 is 0. The van der Waals surface area contributed by atoms with Crippen LogP contribution in [0.1, 0.15) is 30.9 Å². The van der Waals surface area contributed by atoms with Gasteiger partial charge in [-0.2, -0.15) is 0 Å². The summed E-state index contributed by atoms with van der Waals surface area (Å²) >= 11 is 0. The largest absolute Gasteiger partial charge is 0.100 e. The molecule has 0 radical (unpaired) electrons. The van der Waals surface area contributed by atoms with Crippen molar-refractivity contribution >= 4 is 5.57 Å². The maximum atomic E-state index is 3.94. The minimum atomic E-state index is 1.11. The number of allylic oxidation sites excluding steroid dienone is 3. The fourth-order valence-electron chi connectivity index (χ4n) is 1.94. The second-order valence-electron chi connectivity index (χ2n) is 4.05. The van der Waals surface area contributed by atoms with E-state index in [0.717, 1.165) is 19.3 Å². The maximum absolute atomic E-state index is 3.94. The SMILES string of the molecule is C=C(C)CCC1=CCc2ccccc21. The van der Waals surface area contributed by atoms with Crippen LogP contribution >= 0.6 is 0 Å². The molecule has 14 heavy (non-hydrogen) atoms. The Balaban J connectivity index is 2.13. The van der Waals surface area contributed by atoms with Gasteiger partial charge in [0.05, 0.1) is 0 Å². The summed E-state index contributed by atoms with van der Waals surface area (Å²) in [7, 11) is 0. The van der Waals surface area contributed by atoms with E-state index >= 15 is 0 Å². The maximum Gasteiger partial charge on any atom is -0.00854 e. The summed E-state index contributed by atoms with van der Waals surface area (Å²) in [4.78, 5) is 0. The third kappa shape index (κ3) is 1.79. The molecule has 0 fully saturated rings. The molecule has 0 aliphatic heterocycles. The van der Waals surface area contributed by atoms with Crippen LogP contribution in [0, 0.1) is 0 Å². The lowest BCUT2D eigenvalue weighted by atomic mass is 10.0. The van der Waals surface area contributed by atoms with Gasteiger partial charge in [-0.25, -0.2) is 0 Å². The first-order valence-corrected chi connectivity index (χ1v) is 5.19. The van der Waals surface area contributed by atoms with Crippen molar-refractivity contribution in [3.63, 3.8) is 0 Å². The van der Waals surface area contributed by atoms with E-state index in [2.05, 4.69) is 43.8 Å². The van der Waals surface area contributed by atoms with Crippen molar-refractivity contribution in [2.45, 2.75) is 26.2 Å². The van der Waals surface area contributed by atoms with Crippen LogP contribution in [0.25, 0.3) is 5.57 Å². The second kappa shape index (κ2) is 3.83. The number of benzene rings is 1. The molecule has 0 aromatic heterocycles. The van der Waals surface area contributed by atoms with E-state index in [9.17, 15) is 0 Å². The highest BCUT2D eigenvalue weighted by Gasteiger charge is 2.11. The number of fused-ring (bicyclic) bond motifs is 1. The van der Waals surface area contributed by atoms with Crippen LogP contribution in [0.2, 0.25) is 0 Å². The van der Waals surface area contributed by atoms with Gasteiger partial charge in [-0.15, -0.1) is 6.58 Å². The average molecular weight is 184 g/mol. The van der Waals surface area contributed by atoms with Crippen molar-refractivity contribution in [3.8, 4) is 0 Å². The third-order valence-corrected chi connectivity index (χ3v) is 2.75. The van der Waals surface area contributed by atoms with Crippen LogP contribution in [-0.4, -0.2) is 0 Å². The summed E-state index contributed by atoms with van der Waals surface area (Å²) in [6, 6.07) is 8.69. The molecule has 0 bridgehead atoms. The summed E-state index contributed by atoms with van der Waals surface area (Å²) in [6.07, 6.45) is 5.72. The predicted octanol–water partition coefficient (Wildman–Crippen LogP) is 3.98. The van der Waals surface area contributed by atoms with Gasteiger partial charge in [-0.3, -0.25) is 0 Å². The van der Waals surface area contributed by atoms with Crippen molar-refractivity contribution in [3.05, 3.63) is 53.6 Å². The molecule has 0 unspecified atom stereocenters. The first kappa shape index (κ1) is 9.26. The second-order valence-corrected chi connectivity index (χ2v) is 4.05. The summed E-state index contributed by atoms with van der Waals surface area (Å²) in [5.74, 6) is 0. The molecule has 1 aromatic carbocycles. The molecule has 0 saturated carbocycles. The standard InChI is InChI=1S/C14H16/c1-11(2)7-8-13-10-9-12-5-3-4-6-14(12)13/h3-6,10H,1,7-9H2,2H3. The molecule has 0 atom stereocenters. The van der Waals surface area contributed by atoms with E-state index < -0.39 is 0 Å². The van der Waals surface area contributed by atoms with Gasteiger partial charge in [0.2, 0.25) is 0 Å². The molecule has 0 heterocycles. The van der Waals surface area contributed by atoms with Gasteiger partial charge >= 0.3 is 0 Å². The molecule has 0 spiro atoms. The first-order chi connectivity index (χ1) is 6.77. The number of hydrogen-bond donors (Lipinski definition) is 0. The van der Waals surface area contributed by atoms with Gasteiger partial charge in [0, 0.05) is 0 Å². The van der Waals surface area contributed by atoms with Crippen LogP contribution in [0.15, 0.2) is 42.5 Å². The zero-order chi connectivity index (χ0) is 9.97. The Bertz CT molecular complexity index is 383. The Morgan fingerprint density at radius 2 is 2.14 bits per heavy atom. The Morgan fingerprint density at radius 3 is 2.93 bits per heavy atom. The fourth-order valence-corrected chi connectivity index (χ4v) is 1.94. The van der Waals surface area contributed by atoms with Crippen molar-refractivity contribution in [2.75, 3.05) is 0 Å². The first-order valence-electron chi connectivity index (χ1n) is 5.19. The highest BCUT2D eigenvalue weighted by Crippen LogP contribution is 2.30. The number of rotatable bonds is 3. The molecule has 2 rings (SSSR count). The lowest BCUT2D eigenvalue weighted by molar-refractivity contribution is 1.000. The summed E-state index contributed by atoms with van der Waals surface area (Å²) in [5.41, 5.74) is 5.71. The molecule has 0 N–H and O–H groups in total. The fraction of sp³-hybridized carbons (Fsp3) is 0.286. The van der Waals surface area contributed by atoms with Gasteiger partial charge in [-0.05, 0) is 42.9 Å². The van der Waals surface area contributed by atoms with E-state index in [4.69, 9.17) is 0 Å². The average Bonchev–Trinajstić information content (AvgIpc) is 2.58. The molecule has 0 heteroatoms. The van der Waals surface area contributed by atoms with Crippen LogP contribution in [0.3, 0.4) is 0 Å². The highest BCUT2D eigenvalue weighted by atomic mass is 14.2. The van der Waals surface area contributed by atoms with Gasteiger partial charge in [0.1, 0.15) is 0 Å². The van der Waals surface area contributed by atoms with E-state index in [0.29, 0.717) is 0 Å². The lowest BCUT2D eigenvalue weighted by Gasteiger charge is -2.05. The van der Waals surface area contributed by atoms with Gasteiger partial charge in [0.25, 0.3) is 0 Å². The molecular weight excluding hydrogens is 168 g/mol. The minimum Gasteiger partial charge on any atom is -0.100 e. The van der Waals surface area contributed by atoms with Gasteiger partial charge in [-0.1, -0.05) is 35.9 Å². The van der Waals surface area contributed by atoms with E-state index in [1.807, 2.05) is 0 Å². The Labute approximate surface area is 86.0 Å². The van der Waals surface area contributed by atoms with Crippen molar-refractivity contribution in [2.24, 2.45) is 0 Å². The lowest BCUT2D eigenvalue weighted by Crippen LogP contribution is -1.84. The quantitative estimate of drug-likeness (QED) is 0.623. The van der Waals surface area contributed by atoms with Crippen LogP contribution in [-0.2, 0) is 6.42 Å². The smallest absolute Gasteiger partial charge is 0.00854 e. The molecule has 0 amide bonds. The van der Waals surface area contributed by atoms with Crippen LogP contribution in [0.4, 0.5) is 0 Å². The minimum absolute atomic E-state index is 1.11. The Morgan fingerprint density at radius 1 is 1.36 bits per heavy atom. The molecule has 1 aliphatic rings. The normalized spacial score (nSPS) is 13.6. The van der Waals surface area contributed by atoms with Crippen molar-refractivity contribution in [1.82, 2.24) is 0 Å². The molecular formula is C14H16. The number of hydrogen-bond acceptors (Lipinski definition) is 0. The summed E-state index contributed by atoms with van der Waals surface area (Å²) in [5, 5.41) is 0. The molecule has 1 aromatic rings. The monoisotopic (exact) mass is 184 g/mol. The van der Waals surface area contributed by atoms with Crippen molar-refractivity contribution < 1.29 is 0 Å². The topological polar surface area (TPSA) is 0 Å². The molecule has 0 saturated heterocycles. The summed E-state index contributed by atoms with van der Waals surface area (Å²) in [6.45, 7) is 6.04. The van der Waals surface area contributed by atoms with Crippen molar-refractivity contribution in [1.29, 1.82) is 0 Å². The Hall–Kier alpha value is -1.30. The van der Waals surface area contributed by atoms with Gasteiger partial charge < -0.3 is 0 Å². The Kier molecular flexibility index (Phi) is 2.53. The zero-order valence-electron chi connectivity index (χ0n) is 8.72. The zero-order valence-corrected chi connectivity index (χ0v) is 8.72. The predicted molar refractivity (Wildman–Crippen MR) is 62.2 cm³/mol. The third-order valence-electron chi connectivity index (χ3n) is 2.75. The molecule has 1 aliphatic carbocycles. The van der Waals surface area contributed by atoms with E-state index in [-0.39, 0.29) is 0 Å². The van der Waals surface area contributed by atoms with E-state index in [1.165, 1.54) is 22.3 Å². The van der Waals surface area contributed by atoms with Crippen LogP contribution < -0.4 is 0 Å². The highest BCUT2D eigenvalue weighted by molar-refractivity contribution is 5.73. The molecule has 0 nitrogen and oxygen atoms in total.